The lowest BCUT2D eigenvalue weighted by atomic mass is 10.4. The van der Waals surface area contributed by atoms with Gasteiger partial charge in [0.25, 0.3) is 10.0 Å². The van der Waals surface area contributed by atoms with Crippen molar-refractivity contribution in [1.82, 2.24) is 4.31 Å². The van der Waals surface area contributed by atoms with Crippen molar-refractivity contribution in [3.63, 3.8) is 0 Å². The van der Waals surface area contributed by atoms with Crippen molar-refractivity contribution < 1.29 is 13.7 Å². The molecule has 14 heavy (non-hydrogen) atoms. The van der Waals surface area contributed by atoms with Crippen LogP contribution in [0.5, 0.6) is 0 Å². The maximum absolute atomic E-state index is 12.0. The molecule has 0 aliphatic carbocycles. The van der Waals surface area contributed by atoms with E-state index in [0.717, 1.165) is 13.1 Å². The second-order valence-corrected chi connectivity index (χ2v) is 6.31. The summed E-state index contributed by atoms with van der Waals surface area (Å²) in [6.07, 6.45) is 0. The first-order chi connectivity index (χ1) is 6.71. The van der Waals surface area contributed by atoms with Crippen LogP contribution in [0.4, 0.5) is 0 Å². The van der Waals surface area contributed by atoms with Gasteiger partial charge in [-0.2, -0.15) is 4.31 Å². The van der Waals surface area contributed by atoms with Crippen LogP contribution < -0.4 is 5.32 Å². The highest BCUT2D eigenvalue weighted by molar-refractivity contribution is 7.91. The van der Waals surface area contributed by atoms with Crippen LogP contribution in [0.25, 0.3) is 0 Å². The van der Waals surface area contributed by atoms with Gasteiger partial charge in [0.05, 0.1) is 26.2 Å². The highest BCUT2D eigenvalue weighted by atomic mass is 32.2. The molecule has 0 spiro atoms. The van der Waals surface area contributed by atoms with E-state index in [1.54, 1.807) is 21.8 Å². The minimum atomic E-state index is -3.19. The fourth-order valence-corrected chi connectivity index (χ4v) is 4.12. The molecule has 4 nitrogen and oxygen atoms in total. The van der Waals surface area contributed by atoms with Crippen molar-refractivity contribution in [2.45, 2.75) is 4.21 Å². The van der Waals surface area contributed by atoms with E-state index >= 15 is 0 Å². The Balaban J connectivity index is 2.23. The van der Waals surface area contributed by atoms with Gasteiger partial charge in [-0.15, -0.1) is 11.3 Å². The average molecular weight is 233 g/mol. The summed E-state index contributed by atoms with van der Waals surface area (Å²) in [5.41, 5.74) is 0. The molecular weight excluding hydrogens is 220 g/mol. The maximum atomic E-state index is 12.0. The minimum Gasteiger partial charge on any atom is -0.344 e. The van der Waals surface area contributed by atoms with Gasteiger partial charge in [0, 0.05) is 0 Å². The Kier molecular flexibility index (Phi) is 2.87. The van der Waals surface area contributed by atoms with Crippen LogP contribution in [-0.4, -0.2) is 38.9 Å². The second-order valence-electron chi connectivity index (χ2n) is 3.20. The lowest BCUT2D eigenvalue weighted by molar-refractivity contribution is -0.661. The Hall–Kier alpha value is -0.430. The summed E-state index contributed by atoms with van der Waals surface area (Å²) in [5, 5.41) is 3.93. The van der Waals surface area contributed by atoms with Gasteiger partial charge in [0.2, 0.25) is 0 Å². The van der Waals surface area contributed by atoms with Gasteiger partial charge in [-0.05, 0) is 11.4 Å². The molecular formula is C8H13N2O2S2+. The second kappa shape index (κ2) is 3.98. The Morgan fingerprint density at radius 1 is 1.36 bits per heavy atom. The Morgan fingerprint density at radius 2 is 2.07 bits per heavy atom. The van der Waals surface area contributed by atoms with Crippen molar-refractivity contribution in [3.8, 4) is 0 Å². The fraction of sp³-hybridized carbons (Fsp3) is 0.500. The van der Waals surface area contributed by atoms with E-state index in [2.05, 4.69) is 5.32 Å². The van der Waals surface area contributed by atoms with Crippen molar-refractivity contribution in [2.24, 2.45) is 0 Å². The average Bonchev–Trinajstić information content (AvgIpc) is 2.72. The lowest BCUT2D eigenvalue weighted by Crippen LogP contribution is -2.89. The molecule has 0 saturated carbocycles. The van der Waals surface area contributed by atoms with Gasteiger partial charge in [-0.3, -0.25) is 0 Å². The van der Waals surface area contributed by atoms with Crippen LogP contribution >= 0.6 is 11.3 Å². The van der Waals surface area contributed by atoms with Crippen LogP contribution in [0.15, 0.2) is 21.7 Å². The summed E-state index contributed by atoms with van der Waals surface area (Å²) in [7, 11) is -3.19. The molecule has 1 aromatic rings. The highest BCUT2D eigenvalue weighted by Crippen LogP contribution is 2.20. The predicted molar refractivity (Wildman–Crippen MR) is 54.7 cm³/mol. The van der Waals surface area contributed by atoms with Gasteiger partial charge in [0.1, 0.15) is 4.21 Å². The summed E-state index contributed by atoms with van der Waals surface area (Å²) >= 11 is 1.28. The topological polar surface area (TPSA) is 54.0 Å². The summed E-state index contributed by atoms with van der Waals surface area (Å²) in [4.78, 5) is 0. The molecule has 1 aromatic heterocycles. The lowest BCUT2D eigenvalue weighted by Gasteiger charge is -2.23. The summed E-state index contributed by atoms with van der Waals surface area (Å²) < 4.78 is 26.0. The number of nitrogens with two attached hydrogens (primary N) is 1. The molecule has 0 amide bonds. The van der Waals surface area contributed by atoms with Crippen molar-refractivity contribution in [3.05, 3.63) is 17.5 Å². The van der Waals surface area contributed by atoms with E-state index in [-0.39, 0.29) is 0 Å². The van der Waals surface area contributed by atoms with Gasteiger partial charge >= 0.3 is 0 Å². The third kappa shape index (κ3) is 1.83. The van der Waals surface area contributed by atoms with Gasteiger partial charge in [-0.25, -0.2) is 8.42 Å². The third-order valence-electron chi connectivity index (χ3n) is 2.25. The highest BCUT2D eigenvalue weighted by Gasteiger charge is 2.27. The molecule has 0 atom stereocenters. The first-order valence-electron chi connectivity index (χ1n) is 4.56. The summed E-state index contributed by atoms with van der Waals surface area (Å²) in [5.74, 6) is 0. The molecule has 1 aliphatic heterocycles. The Labute approximate surface area is 87.6 Å². The standard InChI is InChI=1S/C8H12N2O2S2/c11-14(12,8-2-1-7-13-8)10-5-3-9-4-6-10/h1-2,7,9H,3-6H2/p+1. The van der Waals surface area contributed by atoms with Crippen LogP contribution in [0.2, 0.25) is 0 Å². The Morgan fingerprint density at radius 3 is 2.64 bits per heavy atom. The first-order valence-corrected chi connectivity index (χ1v) is 6.88. The van der Waals surface area contributed by atoms with E-state index in [4.69, 9.17) is 0 Å². The van der Waals surface area contributed by atoms with Crippen molar-refractivity contribution in [1.29, 1.82) is 0 Å². The minimum absolute atomic E-state index is 0.458. The van der Waals surface area contributed by atoms with E-state index in [1.807, 2.05) is 0 Å². The fourth-order valence-electron chi connectivity index (χ4n) is 1.50. The predicted octanol–water partition coefficient (Wildman–Crippen LogP) is -0.684. The van der Waals surface area contributed by atoms with E-state index < -0.39 is 10.0 Å². The molecule has 1 aliphatic rings. The largest absolute Gasteiger partial charge is 0.344 e. The molecule has 1 fully saturated rings. The summed E-state index contributed by atoms with van der Waals surface area (Å²) in [6.45, 7) is 2.98. The third-order valence-corrected chi connectivity index (χ3v) is 5.53. The SMILES string of the molecule is O=S(=O)(c1cccs1)N1CC[NH2+]CC1. The molecule has 2 rings (SSSR count). The van der Waals surface area contributed by atoms with Crippen molar-refractivity contribution in [2.75, 3.05) is 26.2 Å². The quantitative estimate of drug-likeness (QED) is 0.735. The maximum Gasteiger partial charge on any atom is 0.252 e. The van der Waals surface area contributed by atoms with Crippen molar-refractivity contribution >= 4 is 21.4 Å². The zero-order valence-corrected chi connectivity index (χ0v) is 9.35. The van der Waals surface area contributed by atoms with E-state index in [9.17, 15) is 8.42 Å². The Bertz CT molecular complexity index is 379. The molecule has 0 bridgehead atoms. The number of quaternary nitrogens is 1. The van der Waals surface area contributed by atoms with E-state index in [0.29, 0.717) is 17.3 Å². The molecule has 2 N–H and O–H groups in total. The first kappa shape index (κ1) is 10.1. The monoisotopic (exact) mass is 233 g/mol. The number of nitrogens with zero attached hydrogens (tertiary/aromatic N) is 1. The van der Waals surface area contributed by atoms with Gasteiger partial charge < -0.3 is 5.32 Å². The smallest absolute Gasteiger partial charge is 0.252 e. The van der Waals surface area contributed by atoms with Crippen LogP contribution in [0.3, 0.4) is 0 Å². The normalized spacial score (nSPS) is 19.7. The number of piperazine rings is 1. The molecule has 78 valence electrons. The summed E-state index contributed by atoms with van der Waals surface area (Å²) in [6, 6.07) is 3.44. The number of hydrogen-bond acceptors (Lipinski definition) is 3. The van der Waals surface area contributed by atoms with Gasteiger partial charge in [-0.1, -0.05) is 6.07 Å². The van der Waals surface area contributed by atoms with Crippen LogP contribution in [-0.2, 0) is 10.0 Å². The number of sulfonamides is 1. The molecule has 1 saturated heterocycles. The van der Waals surface area contributed by atoms with E-state index in [1.165, 1.54) is 11.3 Å². The molecule has 0 unspecified atom stereocenters. The molecule has 0 aromatic carbocycles. The van der Waals surface area contributed by atoms with Crippen LogP contribution in [0.1, 0.15) is 0 Å². The zero-order valence-electron chi connectivity index (χ0n) is 7.72. The zero-order chi connectivity index (χ0) is 10.0. The molecule has 6 heteroatoms. The van der Waals surface area contributed by atoms with Gasteiger partial charge in [0.15, 0.2) is 0 Å². The number of thiophene rings is 1. The number of hydrogen-bond donors (Lipinski definition) is 1. The molecule has 2 heterocycles. The van der Waals surface area contributed by atoms with Crippen LogP contribution in [0, 0.1) is 0 Å². The molecule has 0 radical (unpaired) electrons. The number of rotatable bonds is 2.